The van der Waals surface area contributed by atoms with E-state index in [0.717, 1.165) is 6.04 Å². The van der Waals surface area contributed by atoms with Gasteiger partial charge in [-0.2, -0.15) is 0 Å². The van der Waals surface area contributed by atoms with Crippen molar-refractivity contribution in [1.82, 2.24) is 0 Å². The molecule has 1 atom stereocenters. The van der Waals surface area contributed by atoms with Gasteiger partial charge in [0, 0.05) is 19.8 Å². The monoisotopic (exact) mass is 246 g/mol. The smallest absolute Gasteiger partial charge is 0.334 e. The van der Waals surface area contributed by atoms with Gasteiger partial charge in [0.05, 0.1) is 6.61 Å². The molecule has 0 saturated heterocycles. The third kappa shape index (κ3) is 5.44. The van der Waals surface area contributed by atoms with Crippen molar-refractivity contribution in [1.29, 1.82) is 0 Å². The highest BCUT2D eigenvalue weighted by molar-refractivity contribution is 6.66. The second-order valence-electron chi connectivity index (χ2n) is 4.23. The van der Waals surface area contributed by atoms with Crippen molar-refractivity contribution < 1.29 is 18.4 Å². The van der Waals surface area contributed by atoms with E-state index in [-0.39, 0.29) is 11.9 Å². The Bertz CT molecular complexity index is 248. The van der Waals surface area contributed by atoms with E-state index in [1.165, 1.54) is 0 Å². The molecule has 0 aromatic rings. The van der Waals surface area contributed by atoms with Gasteiger partial charge in [0.2, 0.25) is 0 Å². The summed E-state index contributed by atoms with van der Waals surface area (Å²) in [6.07, 6.45) is 0. The molecule has 16 heavy (non-hydrogen) atoms. The molecule has 0 heterocycles. The molecule has 0 bridgehead atoms. The number of hydrogen-bond donors (Lipinski definition) is 0. The minimum absolute atomic E-state index is 0.222. The van der Waals surface area contributed by atoms with Crippen LogP contribution in [-0.2, 0) is 18.4 Å². The Balaban J connectivity index is 4.04. The maximum Gasteiger partial charge on any atom is 0.334 e. The fourth-order valence-corrected chi connectivity index (χ4v) is 3.17. The fraction of sp³-hybridized carbons (Fsp3) is 0.727. The summed E-state index contributed by atoms with van der Waals surface area (Å²) in [5.41, 5.74) is 0.422. The molecule has 0 aliphatic rings. The quantitative estimate of drug-likeness (QED) is 0.392. The van der Waals surface area contributed by atoms with E-state index in [1.807, 2.05) is 13.5 Å². The lowest BCUT2D eigenvalue weighted by atomic mass is 10.2. The van der Waals surface area contributed by atoms with E-state index in [2.05, 4.69) is 6.58 Å². The van der Waals surface area contributed by atoms with Crippen LogP contribution in [0.5, 0.6) is 0 Å². The van der Waals surface area contributed by atoms with Crippen LogP contribution in [0.15, 0.2) is 12.2 Å². The van der Waals surface area contributed by atoms with Crippen molar-refractivity contribution in [2.24, 2.45) is 5.92 Å². The lowest BCUT2D eigenvalue weighted by molar-refractivity contribution is -0.140. The van der Waals surface area contributed by atoms with Crippen molar-refractivity contribution in [3.8, 4) is 0 Å². The number of esters is 1. The molecule has 0 aromatic carbocycles. The largest absolute Gasteiger partial charge is 0.462 e. The van der Waals surface area contributed by atoms with Crippen LogP contribution >= 0.6 is 0 Å². The second-order valence-corrected chi connectivity index (χ2v) is 7.72. The number of rotatable bonds is 7. The summed E-state index contributed by atoms with van der Waals surface area (Å²) < 4.78 is 15.8. The van der Waals surface area contributed by atoms with Crippen LogP contribution in [0, 0.1) is 5.92 Å². The SMILES string of the molecule is C=C(C)C(=O)OCC(C)C[Si](C)(OC)OC. The molecule has 0 aliphatic heterocycles. The zero-order valence-electron chi connectivity index (χ0n) is 10.8. The summed E-state index contributed by atoms with van der Waals surface area (Å²) >= 11 is 0. The van der Waals surface area contributed by atoms with Gasteiger partial charge in [-0.1, -0.05) is 13.5 Å². The van der Waals surface area contributed by atoms with Gasteiger partial charge in [0.1, 0.15) is 0 Å². The zero-order valence-corrected chi connectivity index (χ0v) is 11.8. The molecule has 0 aromatic heterocycles. The Morgan fingerprint density at radius 2 is 1.88 bits per heavy atom. The molecule has 0 saturated carbocycles. The standard InChI is InChI=1S/C11H22O4Si/c1-9(2)11(12)15-7-10(3)8-16(6,13-4)14-5/h10H,1,7-8H2,2-6H3. The Kier molecular flexibility index (Phi) is 6.55. The summed E-state index contributed by atoms with van der Waals surface area (Å²) in [7, 11) is 1.24. The molecular formula is C11H22O4Si. The molecule has 0 rings (SSSR count). The van der Waals surface area contributed by atoms with E-state index in [0.29, 0.717) is 12.2 Å². The van der Waals surface area contributed by atoms with E-state index < -0.39 is 8.56 Å². The highest BCUT2D eigenvalue weighted by Gasteiger charge is 2.31. The summed E-state index contributed by atoms with van der Waals surface area (Å²) in [4.78, 5) is 11.2. The van der Waals surface area contributed by atoms with Gasteiger partial charge < -0.3 is 13.6 Å². The molecule has 0 N–H and O–H groups in total. The summed E-state index contributed by atoms with van der Waals surface area (Å²) in [6.45, 7) is 9.53. The molecule has 0 fully saturated rings. The zero-order chi connectivity index (χ0) is 12.8. The molecule has 4 nitrogen and oxygen atoms in total. The maximum atomic E-state index is 11.2. The van der Waals surface area contributed by atoms with Crippen LogP contribution in [-0.4, -0.2) is 35.4 Å². The first kappa shape index (κ1) is 15.3. The molecule has 0 aliphatic carbocycles. The third-order valence-electron chi connectivity index (χ3n) is 2.43. The predicted molar refractivity (Wildman–Crippen MR) is 65.4 cm³/mol. The van der Waals surface area contributed by atoms with Crippen molar-refractivity contribution in [3.05, 3.63) is 12.2 Å². The number of carbonyl (C=O) groups is 1. The van der Waals surface area contributed by atoms with E-state index in [9.17, 15) is 4.79 Å². The Hall–Kier alpha value is -0.653. The van der Waals surface area contributed by atoms with Crippen LogP contribution in [0.4, 0.5) is 0 Å². The lowest BCUT2D eigenvalue weighted by Crippen LogP contribution is -2.38. The fourth-order valence-electron chi connectivity index (χ4n) is 1.28. The topological polar surface area (TPSA) is 44.8 Å². The highest BCUT2D eigenvalue weighted by atomic mass is 28.4. The first-order chi connectivity index (χ1) is 7.34. The highest BCUT2D eigenvalue weighted by Crippen LogP contribution is 2.18. The maximum absolute atomic E-state index is 11.2. The molecule has 1 unspecified atom stereocenters. The molecule has 5 heteroatoms. The number of ether oxygens (including phenoxy) is 1. The first-order valence-corrected chi connectivity index (χ1v) is 7.80. The van der Waals surface area contributed by atoms with Crippen LogP contribution in [0.1, 0.15) is 13.8 Å². The second kappa shape index (κ2) is 6.83. The summed E-state index contributed by atoms with van der Waals surface area (Å²) in [5.74, 6) is -0.120. The van der Waals surface area contributed by atoms with Crippen molar-refractivity contribution >= 4 is 14.5 Å². The van der Waals surface area contributed by atoms with Crippen molar-refractivity contribution in [3.63, 3.8) is 0 Å². The molecule has 94 valence electrons. The van der Waals surface area contributed by atoms with Gasteiger partial charge in [0.15, 0.2) is 0 Å². The number of hydrogen-bond acceptors (Lipinski definition) is 4. The lowest BCUT2D eigenvalue weighted by Gasteiger charge is -2.25. The summed E-state index contributed by atoms with van der Waals surface area (Å²) in [6, 6.07) is 0.795. The Morgan fingerprint density at radius 3 is 2.25 bits per heavy atom. The van der Waals surface area contributed by atoms with Gasteiger partial charge >= 0.3 is 14.5 Å². The van der Waals surface area contributed by atoms with Gasteiger partial charge in [-0.3, -0.25) is 0 Å². The van der Waals surface area contributed by atoms with E-state index in [1.54, 1.807) is 21.1 Å². The van der Waals surface area contributed by atoms with Crippen LogP contribution in [0.2, 0.25) is 12.6 Å². The number of carbonyl (C=O) groups excluding carboxylic acids is 1. The van der Waals surface area contributed by atoms with E-state index >= 15 is 0 Å². The van der Waals surface area contributed by atoms with Crippen molar-refractivity contribution in [2.75, 3.05) is 20.8 Å². The minimum atomic E-state index is -2.07. The van der Waals surface area contributed by atoms with Crippen LogP contribution in [0.3, 0.4) is 0 Å². The Morgan fingerprint density at radius 1 is 1.38 bits per heavy atom. The van der Waals surface area contributed by atoms with Gasteiger partial charge in [-0.15, -0.1) is 0 Å². The summed E-state index contributed by atoms with van der Waals surface area (Å²) in [5, 5.41) is 0. The van der Waals surface area contributed by atoms with Gasteiger partial charge in [0.25, 0.3) is 0 Å². The normalized spacial score (nSPS) is 13.3. The van der Waals surface area contributed by atoms with Crippen LogP contribution in [0.25, 0.3) is 0 Å². The van der Waals surface area contributed by atoms with Gasteiger partial charge in [-0.25, -0.2) is 4.79 Å². The predicted octanol–water partition coefficient (Wildman–Crippen LogP) is 2.11. The molecular weight excluding hydrogens is 224 g/mol. The molecule has 0 radical (unpaired) electrons. The molecule has 0 amide bonds. The van der Waals surface area contributed by atoms with Gasteiger partial charge in [-0.05, 0) is 25.4 Å². The average molecular weight is 246 g/mol. The Labute approximate surface area is 98.8 Å². The minimum Gasteiger partial charge on any atom is -0.462 e. The third-order valence-corrected chi connectivity index (χ3v) is 5.60. The van der Waals surface area contributed by atoms with E-state index in [4.69, 9.17) is 13.6 Å². The molecule has 0 spiro atoms. The first-order valence-electron chi connectivity index (χ1n) is 5.27. The van der Waals surface area contributed by atoms with Crippen LogP contribution < -0.4 is 0 Å². The average Bonchev–Trinajstić information content (AvgIpc) is 2.25. The van der Waals surface area contributed by atoms with Crippen molar-refractivity contribution in [2.45, 2.75) is 26.4 Å².